The van der Waals surface area contributed by atoms with E-state index in [-0.39, 0.29) is 0 Å². The van der Waals surface area contributed by atoms with Crippen molar-refractivity contribution in [1.29, 1.82) is 0 Å². The Bertz CT molecular complexity index is 123. The third kappa shape index (κ3) is 8.44. The lowest BCUT2D eigenvalue weighted by Gasteiger charge is -2.14. The maximum absolute atomic E-state index is 9.43. The zero-order valence-corrected chi connectivity index (χ0v) is 9.33. The van der Waals surface area contributed by atoms with Crippen molar-refractivity contribution in [3.63, 3.8) is 0 Å². The number of rotatable bonds is 9. The quantitative estimate of drug-likeness (QED) is 0.461. The van der Waals surface area contributed by atoms with Gasteiger partial charge in [0.2, 0.25) is 0 Å². The molecule has 0 bridgehead atoms. The summed E-state index contributed by atoms with van der Waals surface area (Å²) < 4.78 is 5.36. The Labute approximate surface area is 86.8 Å². The van der Waals surface area contributed by atoms with Crippen molar-refractivity contribution >= 4 is 0 Å². The first-order chi connectivity index (χ1) is 6.70. The second-order valence-electron chi connectivity index (χ2n) is 3.70. The van der Waals surface area contributed by atoms with E-state index in [0.717, 1.165) is 19.6 Å². The SMILES string of the molecule is CC[C@H](C)COC[C@@H](O)CNCCN. The van der Waals surface area contributed by atoms with Gasteiger partial charge in [0.25, 0.3) is 0 Å². The summed E-state index contributed by atoms with van der Waals surface area (Å²) >= 11 is 0. The average Bonchev–Trinajstić information content (AvgIpc) is 2.18. The smallest absolute Gasteiger partial charge is 0.0897 e. The zero-order valence-electron chi connectivity index (χ0n) is 9.33. The van der Waals surface area contributed by atoms with Crippen LogP contribution in [0.5, 0.6) is 0 Å². The standard InChI is InChI=1S/C10H24N2O2/c1-3-9(2)7-14-8-10(13)6-12-5-4-11/h9-10,12-13H,3-8,11H2,1-2H3/t9-,10-/m0/s1. The van der Waals surface area contributed by atoms with Crippen molar-refractivity contribution in [3.05, 3.63) is 0 Å². The Hall–Kier alpha value is -0.160. The number of hydrogen-bond donors (Lipinski definition) is 3. The molecule has 4 nitrogen and oxygen atoms in total. The third-order valence-electron chi connectivity index (χ3n) is 2.11. The van der Waals surface area contributed by atoms with Gasteiger partial charge in [0.1, 0.15) is 0 Å². The Morgan fingerprint density at radius 1 is 1.43 bits per heavy atom. The molecule has 2 atom stereocenters. The minimum atomic E-state index is -0.425. The molecular formula is C10H24N2O2. The van der Waals surface area contributed by atoms with Crippen LogP contribution in [0.25, 0.3) is 0 Å². The van der Waals surface area contributed by atoms with E-state index < -0.39 is 6.10 Å². The fourth-order valence-electron chi connectivity index (χ4n) is 0.953. The van der Waals surface area contributed by atoms with Crippen LogP contribution in [0.3, 0.4) is 0 Å². The first-order valence-corrected chi connectivity index (χ1v) is 5.37. The van der Waals surface area contributed by atoms with E-state index >= 15 is 0 Å². The summed E-state index contributed by atoms with van der Waals surface area (Å²) in [5.74, 6) is 0.569. The van der Waals surface area contributed by atoms with E-state index in [9.17, 15) is 5.11 Å². The molecule has 0 saturated heterocycles. The molecule has 0 aliphatic carbocycles. The largest absolute Gasteiger partial charge is 0.389 e. The number of nitrogens with two attached hydrogens (primary N) is 1. The second kappa shape index (κ2) is 9.40. The van der Waals surface area contributed by atoms with Crippen molar-refractivity contribution in [1.82, 2.24) is 5.32 Å². The molecule has 4 heteroatoms. The van der Waals surface area contributed by atoms with Gasteiger partial charge in [-0.25, -0.2) is 0 Å². The second-order valence-corrected chi connectivity index (χ2v) is 3.70. The number of ether oxygens (including phenoxy) is 1. The van der Waals surface area contributed by atoms with Crippen LogP contribution < -0.4 is 11.1 Å². The van der Waals surface area contributed by atoms with E-state index in [1.807, 2.05) is 0 Å². The van der Waals surface area contributed by atoms with Gasteiger partial charge in [0.05, 0.1) is 12.7 Å². The van der Waals surface area contributed by atoms with Gasteiger partial charge in [0.15, 0.2) is 0 Å². The highest BCUT2D eigenvalue weighted by molar-refractivity contribution is 4.58. The number of hydrogen-bond acceptors (Lipinski definition) is 4. The predicted octanol–water partition coefficient (Wildman–Crippen LogP) is -0.0417. The molecule has 0 fully saturated rings. The Kier molecular flexibility index (Phi) is 9.29. The van der Waals surface area contributed by atoms with Crippen LogP contribution in [-0.4, -0.2) is 44.1 Å². The van der Waals surface area contributed by atoms with Crippen LogP contribution in [-0.2, 0) is 4.74 Å². The van der Waals surface area contributed by atoms with Crippen LogP contribution in [0.2, 0.25) is 0 Å². The van der Waals surface area contributed by atoms with Crippen LogP contribution in [0.15, 0.2) is 0 Å². The highest BCUT2D eigenvalue weighted by Crippen LogP contribution is 2.00. The molecule has 0 radical (unpaired) electrons. The summed E-state index contributed by atoms with van der Waals surface area (Å²) in [6, 6.07) is 0. The molecule has 0 amide bonds. The fourth-order valence-corrected chi connectivity index (χ4v) is 0.953. The molecule has 0 aliphatic heterocycles. The van der Waals surface area contributed by atoms with Gasteiger partial charge < -0.3 is 20.9 Å². The fraction of sp³-hybridized carbons (Fsp3) is 1.00. The van der Waals surface area contributed by atoms with Gasteiger partial charge in [-0.15, -0.1) is 0 Å². The lowest BCUT2D eigenvalue weighted by atomic mass is 10.1. The first kappa shape index (κ1) is 13.8. The number of aliphatic hydroxyl groups excluding tert-OH is 1. The minimum Gasteiger partial charge on any atom is -0.389 e. The van der Waals surface area contributed by atoms with Crippen molar-refractivity contribution in [3.8, 4) is 0 Å². The van der Waals surface area contributed by atoms with E-state index in [1.165, 1.54) is 0 Å². The highest BCUT2D eigenvalue weighted by atomic mass is 16.5. The van der Waals surface area contributed by atoms with E-state index in [0.29, 0.717) is 25.6 Å². The Morgan fingerprint density at radius 3 is 2.71 bits per heavy atom. The molecule has 4 N–H and O–H groups in total. The molecule has 0 unspecified atom stereocenters. The van der Waals surface area contributed by atoms with Gasteiger partial charge >= 0.3 is 0 Å². The highest BCUT2D eigenvalue weighted by Gasteiger charge is 2.04. The minimum absolute atomic E-state index is 0.405. The topological polar surface area (TPSA) is 67.5 Å². The summed E-state index contributed by atoms with van der Waals surface area (Å²) in [4.78, 5) is 0. The average molecular weight is 204 g/mol. The van der Waals surface area contributed by atoms with Gasteiger partial charge in [-0.05, 0) is 5.92 Å². The molecule has 0 aromatic rings. The van der Waals surface area contributed by atoms with Gasteiger partial charge in [-0.1, -0.05) is 20.3 Å². The molecule has 0 heterocycles. The summed E-state index contributed by atoms with van der Waals surface area (Å²) in [5.41, 5.74) is 5.30. The lowest BCUT2D eigenvalue weighted by Crippen LogP contribution is -2.33. The number of aliphatic hydroxyl groups is 1. The third-order valence-corrected chi connectivity index (χ3v) is 2.11. The molecule has 0 aromatic heterocycles. The molecule has 0 aromatic carbocycles. The van der Waals surface area contributed by atoms with Crippen molar-refractivity contribution in [2.24, 2.45) is 11.7 Å². The zero-order chi connectivity index (χ0) is 10.8. The van der Waals surface area contributed by atoms with Crippen LogP contribution in [0.1, 0.15) is 20.3 Å². The van der Waals surface area contributed by atoms with Crippen LogP contribution >= 0.6 is 0 Å². The van der Waals surface area contributed by atoms with Crippen molar-refractivity contribution < 1.29 is 9.84 Å². The molecule has 0 saturated carbocycles. The summed E-state index contributed by atoms with van der Waals surface area (Å²) in [6.45, 7) is 7.29. The monoisotopic (exact) mass is 204 g/mol. The maximum atomic E-state index is 9.43. The summed E-state index contributed by atoms with van der Waals surface area (Å²) in [6.07, 6.45) is 0.687. The van der Waals surface area contributed by atoms with Gasteiger partial charge in [0, 0.05) is 26.2 Å². The molecular weight excluding hydrogens is 180 g/mol. The Balaban J connectivity index is 3.21. The lowest BCUT2D eigenvalue weighted by molar-refractivity contribution is 0.0236. The van der Waals surface area contributed by atoms with E-state index in [4.69, 9.17) is 10.5 Å². The van der Waals surface area contributed by atoms with E-state index in [2.05, 4.69) is 19.2 Å². The molecule has 86 valence electrons. The normalized spacial score (nSPS) is 15.4. The molecule has 0 rings (SSSR count). The first-order valence-electron chi connectivity index (χ1n) is 5.37. The Morgan fingerprint density at radius 2 is 2.14 bits per heavy atom. The van der Waals surface area contributed by atoms with Crippen LogP contribution in [0, 0.1) is 5.92 Å². The molecule has 0 aliphatic rings. The van der Waals surface area contributed by atoms with E-state index in [1.54, 1.807) is 0 Å². The van der Waals surface area contributed by atoms with Gasteiger partial charge in [-0.3, -0.25) is 0 Å². The molecule has 14 heavy (non-hydrogen) atoms. The predicted molar refractivity (Wildman–Crippen MR) is 58.2 cm³/mol. The number of nitrogens with one attached hydrogen (secondary N) is 1. The van der Waals surface area contributed by atoms with Gasteiger partial charge in [-0.2, -0.15) is 0 Å². The molecule has 0 spiro atoms. The summed E-state index contributed by atoms with van der Waals surface area (Å²) in [5, 5.41) is 12.5. The summed E-state index contributed by atoms with van der Waals surface area (Å²) in [7, 11) is 0. The maximum Gasteiger partial charge on any atom is 0.0897 e. The van der Waals surface area contributed by atoms with Crippen LogP contribution in [0.4, 0.5) is 0 Å². The van der Waals surface area contributed by atoms with Crippen molar-refractivity contribution in [2.45, 2.75) is 26.4 Å². The van der Waals surface area contributed by atoms with Crippen molar-refractivity contribution in [2.75, 3.05) is 32.8 Å².